The Hall–Kier alpha value is -7.33. The van der Waals surface area contributed by atoms with E-state index in [1.165, 1.54) is 12.1 Å². The van der Waals surface area contributed by atoms with Crippen LogP contribution in [0.2, 0.25) is 0 Å². The Balaban J connectivity index is 0.000000186. The maximum atomic E-state index is 14.8. The van der Waals surface area contributed by atoms with Crippen LogP contribution in [0.25, 0.3) is 23.0 Å². The molecule has 2 atom stereocenters. The monoisotopic (exact) mass is 885 g/mol. The standard InChI is InChI=1S/C25H27FN6O2.C21H22FN5O.CO2/c1-13(2)32-12-27-31-23(32)21-5-4-6-22(29-21)30-25(34)19-10-16(14(3)9-20(19)26)17-11-18(17)24(33)28-15-7-8-15;1-12(2)27-11-23-26-20(27)18-5-4-6-19(24-18)25-21(28)16-10-15(14-7-8-14)13(3)9-17(16)22;2-1-3/h4-6,9-10,12-13,15,17-18H,7-8,11H2,1-3H3,(H,28,33)(H,29,30,34);4-6,9-12,14H,7-8H2,1-3H3,(H,24,25,28);. The van der Waals surface area contributed by atoms with Crippen molar-refractivity contribution in [3.05, 3.63) is 118 Å². The van der Waals surface area contributed by atoms with Crippen molar-refractivity contribution in [3.8, 4) is 23.0 Å². The number of aryl methyl sites for hydroxylation is 2. The Morgan fingerprint density at radius 3 is 1.60 bits per heavy atom. The molecule has 4 heterocycles. The number of nitrogens with one attached hydrogen (secondary N) is 3. The second-order valence-electron chi connectivity index (χ2n) is 17.0. The smallest absolute Gasteiger partial charge is 0.353 e. The zero-order valence-corrected chi connectivity index (χ0v) is 36.8. The van der Waals surface area contributed by atoms with Gasteiger partial charge in [-0.25, -0.2) is 18.7 Å². The van der Waals surface area contributed by atoms with Crippen LogP contribution in [-0.2, 0) is 14.4 Å². The number of hydrogen-bond acceptors (Lipinski definition) is 11. The number of carbonyl (C=O) groups excluding carboxylic acids is 5. The van der Waals surface area contributed by atoms with E-state index in [-0.39, 0.29) is 52.9 Å². The van der Waals surface area contributed by atoms with Gasteiger partial charge in [0, 0.05) is 24.0 Å². The molecule has 0 aliphatic heterocycles. The lowest BCUT2D eigenvalue weighted by Crippen LogP contribution is -2.27. The van der Waals surface area contributed by atoms with Gasteiger partial charge in [-0.05, 0) is 156 Å². The van der Waals surface area contributed by atoms with Gasteiger partial charge in [0.2, 0.25) is 5.91 Å². The highest BCUT2D eigenvalue weighted by Crippen LogP contribution is 2.49. The topological polar surface area (TPSA) is 209 Å². The Morgan fingerprint density at radius 2 is 1.15 bits per heavy atom. The van der Waals surface area contributed by atoms with Crippen molar-refractivity contribution in [1.29, 1.82) is 0 Å². The number of benzene rings is 2. The van der Waals surface area contributed by atoms with Crippen LogP contribution in [0.4, 0.5) is 20.4 Å². The molecule has 9 rings (SSSR count). The fourth-order valence-electron chi connectivity index (χ4n) is 7.56. The Morgan fingerprint density at radius 1 is 0.692 bits per heavy atom. The molecule has 4 aromatic heterocycles. The third kappa shape index (κ3) is 10.9. The number of pyridine rings is 2. The van der Waals surface area contributed by atoms with Crippen molar-refractivity contribution in [3.63, 3.8) is 0 Å². The molecular formula is C47H49F2N11O5. The average Bonchev–Trinajstić information content (AvgIpc) is 4.23. The van der Waals surface area contributed by atoms with Gasteiger partial charge in [0.1, 0.15) is 47.3 Å². The number of anilines is 2. The summed E-state index contributed by atoms with van der Waals surface area (Å²) < 4.78 is 33.0. The van der Waals surface area contributed by atoms with E-state index in [1.54, 1.807) is 61.2 Å². The van der Waals surface area contributed by atoms with E-state index in [9.17, 15) is 23.2 Å². The summed E-state index contributed by atoms with van der Waals surface area (Å²) in [6.07, 6.45) is 8.50. The number of amides is 3. The molecular weight excluding hydrogens is 837 g/mol. The number of rotatable bonds is 12. The van der Waals surface area contributed by atoms with Crippen molar-refractivity contribution < 1.29 is 32.8 Å². The fourth-order valence-corrected chi connectivity index (χ4v) is 7.56. The maximum absolute atomic E-state index is 14.8. The van der Waals surface area contributed by atoms with Crippen LogP contribution in [0.5, 0.6) is 0 Å². The Bertz CT molecular complexity index is 2770. The summed E-state index contributed by atoms with van der Waals surface area (Å²) in [6.45, 7) is 11.8. The molecule has 65 heavy (non-hydrogen) atoms. The van der Waals surface area contributed by atoms with E-state index in [1.807, 2.05) is 50.7 Å². The van der Waals surface area contributed by atoms with Gasteiger partial charge < -0.3 is 25.1 Å². The molecule has 0 radical (unpaired) electrons. The molecule has 336 valence electrons. The summed E-state index contributed by atoms with van der Waals surface area (Å²) in [5.41, 5.74) is 4.66. The lowest BCUT2D eigenvalue weighted by molar-refractivity contribution is -0.191. The summed E-state index contributed by atoms with van der Waals surface area (Å²) in [4.78, 5) is 63.3. The third-order valence-electron chi connectivity index (χ3n) is 11.4. The zero-order valence-electron chi connectivity index (χ0n) is 36.8. The first-order chi connectivity index (χ1) is 31.2. The normalized spacial score (nSPS) is 16.1. The van der Waals surface area contributed by atoms with Crippen LogP contribution in [0.1, 0.15) is 127 Å². The summed E-state index contributed by atoms with van der Waals surface area (Å²) in [5, 5.41) is 24.6. The molecule has 6 aromatic rings. The van der Waals surface area contributed by atoms with Gasteiger partial charge in [0.05, 0.1) is 11.1 Å². The van der Waals surface area contributed by atoms with Gasteiger partial charge in [-0.2, -0.15) is 9.59 Å². The molecule has 3 aliphatic carbocycles. The highest BCUT2D eigenvalue weighted by molar-refractivity contribution is 6.05. The fraction of sp³-hybridized carbons (Fsp3) is 0.362. The van der Waals surface area contributed by atoms with Crippen LogP contribution in [-0.4, -0.2) is 69.4 Å². The van der Waals surface area contributed by atoms with E-state index in [0.29, 0.717) is 47.2 Å². The van der Waals surface area contributed by atoms with E-state index < -0.39 is 23.4 Å². The molecule has 3 aliphatic rings. The zero-order chi connectivity index (χ0) is 46.5. The van der Waals surface area contributed by atoms with Gasteiger partial charge in [0.15, 0.2) is 11.6 Å². The molecule has 2 aromatic carbocycles. The molecule has 0 spiro atoms. The molecule has 2 unspecified atom stereocenters. The second-order valence-corrected chi connectivity index (χ2v) is 17.0. The SMILES string of the molecule is Cc1cc(F)c(C(=O)Nc2cccc(-c3nncn3C(C)C)n2)cc1C1CC1.Cc1cc(F)c(C(=O)Nc2cccc(-c3nncn3C(C)C)n2)cc1C1CC1C(=O)NC1CC1.O=C=O. The highest BCUT2D eigenvalue weighted by Gasteiger charge is 2.46. The molecule has 18 heteroatoms. The Kier molecular flexibility index (Phi) is 13.8. The second kappa shape index (κ2) is 19.6. The van der Waals surface area contributed by atoms with Crippen molar-refractivity contribution in [2.24, 2.45) is 5.92 Å². The summed E-state index contributed by atoms with van der Waals surface area (Å²) in [6, 6.07) is 17.1. The number of aromatic nitrogens is 8. The van der Waals surface area contributed by atoms with Crippen molar-refractivity contribution in [2.75, 3.05) is 10.6 Å². The van der Waals surface area contributed by atoms with E-state index in [2.05, 4.69) is 46.3 Å². The Labute approximate surface area is 373 Å². The van der Waals surface area contributed by atoms with Crippen LogP contribution >= 0.6 is 0 Å². The third-order valence-corrected chi connectivity index (χ3v) is 11.4. The first-order valence-corrected chi connectivity index (χ1v) is 21.4. The van der Waals surface area contributed by atoms with E-state index in [4.69, 9.17) is 9.59 Å². The molecule has 3 N–H and O–H groups in total. The number of nitrogens with zero attached hydrogens (tertiary/aromatic N) is 8. The predicted octanol–water partition coefficient (Wildman–Crippen LogP) is 7.92. The molecule has 16 nitrogen and oxygen atoms in total. The largest absolute Gasteiger partial charge is 0.373 e. The minimum Gasteiger partial charge on any atom is -0.353 e. The average molecular weight is 886 g/mol. The molecule has 0 saturated heterocycles. The molecule has 0 bridgehead atoms. The lowest BCUT2D eigenvalue weighted by Gasteiger charge is -2.12. The number of halogens is 2. The van der Waals surface area contributed by atoms with Gasteiger partial charge >= 0.3 is 6.15 Å². The van der Waals surface area contributed by atoms with Crippen molar-refractivity contribution >= 4 is 35.5 Å². The van der Waals surface area contributed by atoms with Gasteiger partial charge in [-0.15, -0.1) is 20.4 Å². The maximum Gasteiger partial charge on any atom is 0.373 e. The first-order valence-electron chi connectivity index (χ1n) is 21.4. The minimum absolute atomic E-state index is 0.00903. The van der Waals surface area contributed by atoms with E-state index >= 15 is 0 Å². The number of carbonyl (C=O) groups is 3. The van der Waals surface area contributed by atoms with Crippen molar-refractivity contribution in [2.45, 2.75) is 104 Å². The summed E-state index contributed by atoms with van der Waals surface area (Å²) in [5.74, 6) is -0.000490. The van der Waals surface area contributed by atoms with Crippen LogP contribution in [0.3, 0.4) is 0 Å². The van der Waals surface area contributed by atoms with Gasteiger partial charge in [0.25, 0.3) is 11.8 Å². The van der Waals surface area contributed by atoms with Crippen LogP contribution in [0, 0.1) is 31.4 Å². The minimum atomic E-state index is -0.603. The van der Waals surface area contributed by atoms with Crippen LogP contribution < -0.4 is 16.0 Å². The molecule has 3 fully saturated rings. The van der Waals surface area contributed by atoms with E-state index in [0.717, 1.165) is 47.9 Å². The van der Waals surface area contributed by atoms with Crippen molar-refractivity contribution in [1.82, 2.24) is 44.8 Å². The highest BCUT2D eigenvalue weighted by atomic mass is 19.1. The van der Waals surface area contributed by atoms with Crippen LogP contribution in [0.15, 0.2) is 73.3 Å². The quantitative estimate of drug-likeness (QED) is 0.108. The summed E-state index contributed by atoms with van der Waals surface area (Å²) in [7, 11) is 0. The summed E-state index contributed by atoms with van der Waals surface area (Å²) >= 11 is 0. The molecule has 3 amide bonds. The lowest BCUT2D eigenvalue weighted by atomic mass is 9.99. The predicted molar refractivity (Wildman–Crippen MR) is 234 cm³/mol. The molecule has 3 saturated carbocycles. The van der Waals surface area contributed by atoms with Gasteiger partial charge in [-0.1, -0.05) is 12.1 Å². The first kappa shape index (κ1) is 45.7. The number of hydrogen-bond donors (Lipinski definition) is 3. The van der Waals surface area contributed by atoms with Gasteiger partial charge in [-0.3, -0.25) is 14.4 Å².